The lowest BCUT2D eigenvalue weighted by Gasteiger charge is -2.04. The summed E-state index contributed by atoms with van der Waals surface area (Å²) in [6.07, 6.45) is 0. The maximum Gasteiger partial charge on any atom is 0.216 e. The number of hydrazine groups is 1. The maximum absolute atomic E-state index is 9.17. The van der Waals surface area contributed by atoms with Crippen molar-refractivity contribution in [3.8, 4) is 0 Å². The molecular weight excluding hydrogens is 248 g/mol. The smallest absolute Gasteiger partial charge is 0.216 e. The Hall–Kier alpha value is -2.45. The first-order valence-electron chi connectivity index (χ1n) is 5.55. The van der Waals surface area contributed by atoms with Crippen LogP contribution in [0.5, 0.6) is 0 Å². The summed E-state index contributed by atoms with van der Waals surface area (Å²) in [5.74, 6) is 0.442. The molecule has 2 rings (SSSR count). The van der Waals surface area contributed by atoms with Gasteiger partial charge >= 0.3 is 0 Å². The standard InChI is InChI=1S/C11H14N6O2/c1-7-3-5-8(6-4-7)13-10(15-18)9-11(14-12-2)17-19-16-9/h3-6,12,18H,1-2H3,(H,13,15)(H,14,17). The minimum Gasteiger partial charge on any atom is -0.301 e. The van der Waals surface area contributed by atoms with Gasteiger partial charge in [-0.25, -0.2) is 15.0 Å². The molecular formula is C11H14N6O2. The van der Waals surface area contributed by atoms with Gasteiger partial charge in [-0.05, 0) is 29.4 Å². The van der Waals surface area contributed by atoms with Crippen molar-refractivity contribution in [3.63, 3.8) is 0 Å². The first-order valence-corrected chi connectivity index (χ1v) is 5.55. The zero-order valence-corrected chi connectivity index (χ0v) is 10.5. The summed E-state index contributed by atoms with van der Waals surface area (Å²) in [6, 6.07) is 7.49. The highest BCUT2D eigenvalue weighted by Gasteiger charge is 2.15. The number of aliphatic imine (C=N–C) groups is 1. The second-order valence-electron chi connectivity index (χ2n) is 3.74. The fourth-order valence-electron chi connectivity index (χ4n) is 1.42. The zero-order chi connectivity index (χ0) is 13.7. The van der Waals surface area contributed by atoms with Crippen LogP contribution in [0.25, 0.3) is 0 Å². The van der Waals surface area contributed by atoms with Crippen molar-refractivity contribution in [3.05, 3.63) is 35.5 Å². The van der Waals surface area contributed by atoms with E-state index in [2.05, 4.69) is 30.8 Å². The highest BCUT2D eigenvalue weighted by molar-refractivity contribution is 6.01. The molecule has 1 heterocycles. The summed E-state index contributed by atoms with van der Waals surface area (Å²) in [7, 11) is 1.67. The van der Waals surface area contributed by atoms with E-state index >= 15 is 0 Å². The molecule has 4 N–H and O–H groups in total. The molecule has 0 aliphatic rings. The van der Waals surface area contributed by atoms with Crippen molar-refractivity contribution in [2.45, 2.75) is 6.92 Å². The largest absolute Gasteiger partial charge is 0.301 e. The topological polar surface area (TPSA) is 108 Å². The molecule has 0 saturated heterocycles. The molecule has 8 nitrogen and oxygen atoms in total. The molecule has 0 unspecified atom stereocenters. The van der Waals surface area contributed by atoms with Crippen LogP contribution in [0, 0.1) is 6.92 Å². The molecule has 2 aromatic rings. The molecule has 1 aromatic carbocycles. The van der Waals surface area contributed by atoms with Gasteiger partial charge in [-0.1, -0.05) is 17.7 Å². The molecule has 0 amide bonds. The van der Waals surface area contributed by atoms with Crippen molar-refractivity contribution >= 4 is 17.3 Å². The Bertz CT molecular complexity index is 563. The van der Waals surface area contributed by atoms with Gasteiger partial charge < -0.3 is 5.43 Å². The fraction of sp³-hybridized carbons (Fsp3) is 0.182. The monoisotopic (exact) mass is 262 g/mol. The van der Waals surface area contributed by atoms with Crippen LogP contribution in [-0.2, 0) is 0 Å². The third-order valence-electron chi connectivity index (χ3n) is 2.34. The SMILES string of the molecule is CNNc1nonc1C(=Nc1ccc(C)cc1)NO. The van der Waals surface area contributed by atoms with Crippen LogP contribution in [0.4, 0.5) is 11.5 Å². The van der Waals surface area contributed by atoms with Crippen molar-refractivity contribution in [1.29, 1.82) is 0 Å². The van der Waals surface area contributed by atoms with Gasteiger partial charge in [-0.15, -0.1) is 0 Å². The van der Waals surface area contributed by atoms with Gasteiger partial charge in [-0.3, -0.25) is 10.7 Å². The first-order chi connectivity index (χ1) is 9.24. The molecule has 0 fully saturated rings. The molecule has 0 saturated carbocycles. The number of anilines is 1. The summed E-state index contributed by atoms with van der Waals surface area (Å²) >= 11 is 0. The molecule has 0 radical (unpaired) electrons. The molecule has 100 valence electrons. The number of amidine groups is 1. The summed E-state index contributed by atoms with van der Waals surface area (Å²) in [6.45, 7) is 1.98. The zero-order valence-electron chi connectivity index (χ0n) is 10.5. The average molecular weight is 262 g/mol. The van der Waals surface area contributed by atoms with E-state index in [4.69, 9.17) is 5.21 Å². The summed E-state index contributed by atoms with van der Waals surface area (Å²) in [4.78, 5) is 4.23. The summed E-state index contributed by atoms with van der Waals surface area (Å²) < 4.78 is 4.60. The molecule has 0 atom stereocenters. The minimum atomic E-state index is 0.128. The Balaban J connectivity index is 2.33. The number of aryl methyl sites for hydroxylation is 1. The highest BCUT2D eigenvalue weighted by Crippen LogP contribution is 2.16. The molecule has 0 spiro atoms. The number of nitrogens with zero attached hydrogens (tertiary/aromatic N) is 3. The van der Waals surface area contributed by atoms with E-state index in [1.54, 1.807) is 7.05 Å². The van der Waals surface area contributed by atoms with Gasteiger partial charge in [0.15, 0.2) is 11.5 Å². The number of nitrogens with one attached hydrogen (secondary N) is 3. The number of aromatic nitrogens is 2. The lowest BCUT2D eigenvalue weighted by atomic mass is 10.2. The summed E-state index contributed by atoms with van der Waals surface area (Å²) in [5, 5.41) is 16.5. The quantitative estimate of drug-likeness (QED) is 0.369. The molecule has 8 heteroatoms. The molecule has 19 heavy (non-hydrogen) atoms. The van der Waals surface area contributed by atoms with Gasteiger partial charge in [0.1, 0.15) is 0 Å². The fourth-order valence-corrected chi connectivity index (χ4v) is 1.42. The van der Waals surface area contributed by atoms with Crippen molar-refractivity contribution < 1.29 is 9.84 Å². The van der Waals surface area contributed by atoms with Crippen LogP contribution in [-0.4, -0.2) is 28.4 Å². The number of benzene rings is 1. The first kappa shape index (κ1) is 13.0. The van der Waals surface area contributed by atoms with E-state index in [-0.39, 0.29) is 11.5 Å². The Morgan fingerprint density at radius 2 is 2.00 bits per heavy atom. The molecule has 0 bridgehead atoms. The predicted octanol–water partition coefficient (Wildman–Crippen LogP) is 0.981. The van der Waals surface area contributed by atoms with Crippen LogP contribution < -0.4 is 16.3 Å². The summed E-state index contributed by atoms with van der Waals surface area (Å²) in [5.41, 5.74) is 9.44. The van der Waals surface area contributed by atoms with Gasteiger partial charge in [0.25, 0.3) is 0 Å². The number of hydrogen-bond donors (Lipinski definition) is 4. The Morgan fingerprint density at radius 3 is 2.63 bits per heavy atom. The predicted molar refractivity (Wildman–Crippen MR) is 69.3 cm³/mol. The van der Waals surface area contributed by atoms with Crippen LogP contribution in [0.3, 0.4) is 0 Å². The Kier molecular flexibility index (Phi) is 4.06. The Labute approximate surface area is 109 Å². The minimum absolute atomic E-state index is 0.128. The molecule has 0 aliphatic carbocycles. The van der Waals surface area contributed by atoms with Crippen LogP contribution in [0.15, 0.2) is 33.9 Å². The maximum atomic E-state index is 9.17. The van der Waals surface area contributed by atoms with E-state index in [1.807, 2.05) is 36.7 Å². The van der Waals surface area contributed by atoms with Crippen molar-refractivity contribution in [1.82, 2.24) is 21.2 Å². The second-order valence-corrected chi connectivity index (χ2v) is 3.74. The van der Waals surface area contributed by atoms with Gasteiger partial charge in [0, 0.05) is 7.05 Å². The van der Waals surface area contributed by atoms with Gasteiger partial charge in [-0.2, -0.15) is 0 Å². The Morgan fingerprint density at radius 1 is 1.26 bits per heavy atom. The van der Waals surface area contributed by atoms with Gasteiger partial charge in [0.05, 0.1) is 5.69 Å². The number of hydrogen-bond acceptors (Lipinski definition) is 7. The van der Waals surface area contributed by atoms with Crippen LogP contribution >= 0.6 is 0 Å². The highest BCUT2D eigenvalue weighted by atomic mass is 16.6. The van der Waals surface area contributed by atoms with Crippen molar-refractivity contribution in [2.75, 3.05) is 12.5 Å². The molecule has 1 aromatic heterocycles. The lowest BCUT2D eigenvalue weighted by molar-refractivity contribution is 0.234. The lowest BCUT2D eigenvalue weighted by Crippen LogP contribution is -2.24. The van der Waals surface area contributed by atoms with Crippen LogP contribution in [0.2, 0.25) is 0 Å². The van der Waals surface area contributed by atoms with E-state index in [1.165, 1.54) is 0 Å². The van der Waals surface area contributed by atoms with E-state index in [9.17, 15) is 0 Å². The molecule has 0 aliphatic heterocycles. The average Bonchev–Trinajstić information content (AvgIpc) is 2.87. The third kappa shape index (κ3) is 3.06. The van der Waals surface area contributed by atoms with Crippen LogP contribution in [0.1, 0.15) is 11.3 Å². The van der Waals surface area contributed by atoms with Gasteiger partial charge in [0.2, 0.25) is 5.82 Å². The number of rotatable bonds is 4. The second kappa shape index (κ2) is 5.94. The van der Waals surface area contributed by atoms with E-state index in [0.29, 0.717) is 11.5 Å². The number of hydroxylamine groups is 1. The van der Waals surface area contributed by atoms with E-state index in [0.717, 1.165) is 5.56 Å². The third-order valence-corrected chi connectivity index (χ3v) is 2.34. The van der Waals surface area contributed by atoms with Crippen molar-refractivity contribution in [2.24, 2.45) is 4.99 Å². The normalized spacial score (nSPS) is 11.4. The van der Waals surface area contributed by atoms with E-state index < -0.39 is 0 Å².